The van der Waals surface area contributed by atoms with Gasteiger partial charge in [-0.05, 0) is 24.3 Å². The first-order valence-corrected chi connectivity index (χ1v) is 10.8. The summed E-state index contributed by atoms with van der Waals surface area (Å²) >= 11 is 1.14. The number of anilines is 1. The molecule has 0 spiro atoms. The van der Waals surface area contributed by atoms with E-state index >= 15 is 0 Å². The average molecular weight is 408 g/mol. The number of amidine groups is 1. The third-order valence-electron chi connectivity index (χ3n) is 4.45. The van der Waals surface area contributed by atoms with E-state index in [0.717, 1.165) is 23.9 Å². The van der Waals surface area contributed by atoms with Crippen LogP contribution in [0.2, 0.25) is 0 Å². The van der Waals surface area contributed by atoms with Gasteiger partial charge in [0.1, 0.15) is 11.6 Å². The first-order valence-electron chi connectivity index (χ1n) is 8.13. The van der Waals surface area contributed by atoms with Crippen molar-refractivity contribution < 1.29 is 22.0 Å². The van der Waals surface area contributed by atoms with E-state index in [-0.39, 0.29) is 27.6 Å². The molecular formula is C18H14F2N2O3S2. The highest BCUT2D eigenvalue weighted by Crippen LogP contribution is 2.41. The third kappa shape index (κ3) is 3.49. The second kappa shape index (κ2) is 6.72. The van der Waals surface area contributed by atoms with Gasteiger partial charge in [0.15, 0.2) is 15.0 Å². The standard InChI is InChI=1S/C18H14F2N2O3S2/c19-12-6-7-14(13(20)8-12)22-15-9-27(24,25)10-16(15)26-18(22)21-17(23)11-4-2-1-3-5-11/h1-8,15-16H,9-10H2/t15-,16-/m1/s1. The molecule has 0 aromatic heterocycles. The van der Waals surface area contributed by atoms with Gasteiger partial charge in [0.05, 0.1) is 23.2 Å². The van der Waals surface area contributed by atoms with Gasteiger partial charge >= 0.3 is 0 Å². The summed E-state index contributed by atoms with van der Waals surface area (Å²) in [6.45, 7) is 0. The Morgan fingerprint density at radius 1 is 1.11 bits per heavy atom. The van der Waals surface area contributed by atoms with Crippen LogP contribution in [-0.4, -0.2) is 42.3 Å². The maximum absolute atomic E-state index is 14.4. The summed E-state index contributed by atoms with van der Waals surface area (Å²) in [5.74, 6) is -2.31. The predicted octanol–water partition coefficient (Wildman–Crippen LogP) is 2.88. The van der Waals surface area contributed by atoms with Gasteiger partial charge in [0.2, 0.25) is 0 Å². The molecule has 0 radical (unpaired) electrons. The quantitative estimate of drug-likeness (QED) is 0.765. The number of thioether (sulfide) groups is 1. The Morgan fingerprint density at radius 3 is 2.56 bits per heavy atom. The van der Waals surface area contributed by atoms with Crippen molar-refractivity contribution in [3.05, 3.63) is 65.7 Å². The molecule has 140 valence electrons. The van der Waals surface area contributed by atoms with Crippen molar-refractivity contribution in [2.45, 2.75) is 11.3 Å². The minimum Gasteiger partial charge on any atom is -0.313 e. The van der Waals surface area contributed by atoms with E-state index in [9.17, 15) is 22.0 Å². The SMILES string of the molecule is O=C(N=C1S[C@@H]2CS(=O)(=O)C[C@H]2N1c1ccc(F)cc1F)c1ccccc1. The highest BCUT2D eigenvalue weighted by molar-refractivity contribution is 8.16. The molecule has 9 heteroatoms. The van der Waals surface area contributed by atoms with Crippen molar-refractivity contribution in [1.82, 2.24) is 0 Å². The number of rotatable bonds is 2. The van der Waals surface area contributed by atoms with Crippen LogP contribution in [0, 0.1) is 11.6 Å². The lowest BCUT2D eigenvalue weighted by molar-refractivity contribution is 0.100. The fourth-order valence-corrected chi connectivity index (χ4v) is 7.16. The summed E-state index contributed by atoms with van der Waals surface area (Å²) in [6, 6.07) is 10.9. The zero-order chi connectivity index (χ0) is 19.2. The summed E-state index contributed by atoms with van der Waals surface area (Å²) in [5, 5.41) is -0.138. The summed E-state index contributed by atoms with van der Waals surface area (Å²) in [7, 11) is -3.27. The van der Waals surface area contributed by atoms with E-state index in [0.29, 0.717) is 5.56 Å². The highest BCUT2D eigenvalue weighted by Gasteiger charge is 2.50. The van der Waals surface area contributed by atoms with Crippen LogP contribution in [0.5, 0.6) is 0 Å². The third-order valence-corrected chi connectivity index (χ3v) is 7.66. The largest absolute Gasteiger partial charge is 0.313 e. The number of hydrogen-bond donors (Lipinski definition) is 0. The molecule has 0 unspecified atom stereocenters. The number of fused-ring (bicyclic) bond motifs is 1. The van der Waals surface area contributed by atoms with E-state index in [1.165, 1.54) is 11.0 Å². The lowest BCUT2D eigenvalue weighted by Gasteiger charge is -2.24. The molecule has 2 aliphatic heterocycles. The number of nitrogens with zero attached hydrogens (tertiary/aromatic N) is 2. The fraction of sp³-hybridized carbons (Fsp3) is 0.222. The van der Waals surface area contributed by atoms with Crippen LogP contribution in [0.1, 0.15) is 10.4 Å². The number of halogens is 2. The van der Waals surface area contributed by atoms with Gasteiger partial charge in [0, 0.05) is 16.9 Å². The maximum Gasteiger partial charge on any atom is 0.279 e. The number of carbonyl (C=O) groups is 1. The number of amides is 1. The summed E-state index contributed by atoms with van der Waals surface area (Å²) < 4.78 is 51.7. The molecule has 2 heterocycles. The first-order chi connectivity index (χ1) is 12.8. The Bertz CT molecular complexity index is 1040. The van der Waals surface area contributed by atoms with E-state index in [1.807, 2.05) is 0 Å². The van der Waals surface area contributed by atoms with E-state index in [2.05, 4.69) is 4.99 Å². The number of sulfone groups is 1. The topological polar surface area (TPSA) is 66.8 Å². The van der Waals surface area contributed by atoms with Gasteiger partial charge in [-0.3, -0.25) is 4.79 Å². The molecule has 0 saturated carbocycles. The van der Waals surface area contributed by atoms with Crippen molar-refractivity contribution in [3.63, 3.8) is 0 Å². The van der Waals surface area contributed by atoms with Gasteiger partial charge in [-0.15, -0.1) is 0 Å². The zero-order valence-corrected chi connectivity index (χ0v) is 15.5. The monoisotopic (exact) mass is 408 g/mol. The highest BCUT2D eigenvalue weighted by atomic mass is 32.2. The summed E-state index contributed by atoms with van der Waals surface area (Å²) in [5.41, 5.74) is 0.378. The average Bonchev–Trinajstić information content (AvgIpc) is 3.07. The van der Waals surface area contributed by atoms with Crippen molar-refractivity contribution in [2.24, 2.45) is 4.99 Å². The Labute approximate surface area is 159 Å². The molecule has 0 aliphatic carbocycles. The second-order valence-electron chi connectivity index (χ2n) is 6.33. The van der Waals surface area contributed by atoms with Crippen LogP contribution in [0.3, 0.4) is 0 Å². The fourth-order valence-electron chi connectivity index (χ4n) is 3.25. The first kappa shape index (κ1) is 18.1. The lowest BCUT2D eigenvalue weighted by Crippen LogP contribution is -2.38. The lowest BCUT2D eigenvalue weighted by atomic mass is 10.2. The van der Waals surface area contributed by atoms with Crippen molar-refractivity contribution in [2.75, 3.05) is 16.4 Å². The maximum atomic E-state index is 14.4. The Morgan fingerprint density at radius 2 is 1.85 bits per heavy atom. The van der Waals surface area contributed by atoms with E-state index in [1.54, 1.807) is 30.3 Å². The summed E-state index contributed by atoms with van der Waals surface area (Å²) in [4.78, 5) is 18.0. The van der Waals surface area contributed by atoms with Crippen molar-refractivity contribution in [1.29, 1.82) is 0 Å². The van der Waals surface area contributed by atoms with Crippen LogP contribution in [0.4, 0.5) is 14.5 Å². The molecule has 1 amide bonds. The predicted molar refractivity (Wildman–Crippen MR) is 101 cm³/mol. The normalized spacial score (nSPS) is 25.0. The Kier molecular flexibility index (Phi) is 4.51. The van der Waals surface area contributed by atoms with Gasteiger partial charge in [-0.25, -0.2) is 17.2 Å². The summed E-state index contributed by atoms with van der Waals surface area (Å²) in [6.07, 6.45) is 0. The molecule has 0 bridgehead atoms. The van der Waals surface area contributed by atoms with Crippen LogP contribution in [0.15, 0.2) is 53.5 Å². The molecule has 2 aromatic rings. The minimum absolute atomic E-state index is 0.00751. The molecular weight excluding hydrogens is 394 g/mol. The van der Waals surface area contributed by atoms with Gasteiger partial charge in [0.25, 0.3) is 5.91 Å². The molecule has 2 atom stereocenters. The van der Waals surface area contributed by atoms with Crippen molar-refractivity contribution >= 4 is 38.4 Å². The van der Waals surface area contributed by atoms with Crippen LogP contribution in [-0.2, 0) is 9.84 Å². The second-order valence-corrected chi connectivity index (χ2v) is 9.69. The van der Waals surface area contributed by atoms with Crippen LogP contribution in [0.25, 0.3) is 0 Å². The Hall–Kier alpha value is -2.26. The Balaban J connectivity index is 1.76. The van der Waals surface area contributed by atoms with Gasteiger partial charge < -0.3 is 4.90 Å². The molecule has 4 rings (SSSR count). The number of benzene rings is 2. The molecule has 2 aliphatic rings. The molecule has 27 heavy (non-hydrogen) atoms. The van der Waals surface area contributed by atoms with Gasteiger partial charge in [-0.1, -0.05) is 30.0 Å². The number of aliphatic imine (C=N–C) groups is 1. The molecule has 5 nitrogen and oxygen atoms in total. The molecule has 2 fully saturated rings. The van der Waals surface area contributed by atoms with Gasteiger partial charge in [-0.2, -0.15) is 4.99 Å². The minimum atomic E-state index is -3.27. The van der Waals surface area contributed by atoms with Crippen LogP contribution < -0.4 is 4.90 Å². The number of carbonyl (C=O) groups excluding carboxylic acids is 1. The van der Waals surface area contributed by atoms with E-state index < -0.39 is 33.4 Å². The molecule has 0 N–H and O–H groups in total. The smallest absolute Gasteiger partial charge is 0.279 e. The molecule has 2 aromatic carbocycles. The zero-order valence-electron chi connectivity index (χ0n) is 13.9. The number of hydrogen-bond acceptors (Lipinski definition) is 4. The van der Waals surface area contributed by atoms with Crippen molar-refractivity contribution in [3.8, 4) is 0 Å². The molecule has 2 saturated heterocycles. The van der Waals surface area contributed by atoms with E-state index in [4.69, 9.17) is 0 Å². The van der Waals surface area contributed by atoms with Crippen LogP contribution >= 0.6 is 11.8 Å².